The van der Waals surface area contributed by atoms with E-state index < -0.39 is 6.09 Å². The molecule has 6 heteroatoms. The number of nitrogens with zero attached hydrogens (tertiary/aromatic N) is 1. The molecule has 0 spiro atoms. The molecular weight excluding hydrogens is 216 g/mol. The van der Waals surface area contributed by atoms with E-state index >= 15 is 0 Å². The van der Waals surface area contributed by atoms with Gasteiger partial charge < -0.3 is 10.1 Å². The van der Waals surface area contributed by atoms with Gasteiger partial charge in [-0.25, -0.2) is 4.79 Å². The molecule has 0 aromatic heterocycles. The Hall–Kier alpha value is -0.750. The van der Waals surface area contributed by atoms with Gasteiger partial charge >= 0.3 is 6.09 Å². The summed E-state index contributed by atoms with van der Waals surface area (Å²) in [5, 5.41) is 6.79. The molecule has 1 fully saturated rings. The lowest BCUT2D eigenvalue weighted by Gasteiger charge is -2.05. The van der Waals surface area contributed by atoms with Gasteiger partial charge in [0.25, 0.3) is 0 Å². The van der Waals surface area contributed by atoms with Gasteiger partial charge in [0, 0.05) is 7.05 Å². The summed E-state index contributed by atoms with van der Waals surface area (Å²) in [7, 11) is 1.49. The van der Waals surface area contributed by atoms with Crippen molar-refractivity contribution in [1.82, 2.24) is 5.32 Å². The van der Waals surface area contributed by atoms with Gasteiger partial charge in [0.1, 0.15) is 16.6 Å². The second kappa shape index (κ2) is 5.97. The first kappa shape index (κ1) is 12.3. The minimum atomic E-state index is -0.561. The molecule has 0 aromatic rings. The number of amides is 1. The van der Waals surface area contributed by atoms with Crippen LogP contribution < -0.4 is 5.32 Å². The van der Waals surface area contributed by atoms with Crippen molar-refractivity contribution < 1.29 is 14.4 Å². The lowest BCUT2D eigenvalue weighted by atomic mass is 10.3. The Morgan fingerprint density at radius 2 is 2.47 bits per heavy atom. The van der Waals surface area contributed by atoms with Crippen molar-refractivity contribution in [3.63, 3.8) is 0 Å². The van der Waals surface area contributed by atoms with Crippen LogP contribution in [0.15, 0.2) is 5.16 Å². The fraction of sp³-hybridized carbons (Fsp3) is 0.778. The Labute approximate surface area is 93.6 Å². The average molecular weight is 232 g/mol. The fourth-order valence-electron chi connectivity index (χ4n) is 1.13. The Kier molecular flexibility index (Phi) is 4.90. The van der Waals surface area contributed by atoms with E-state index in [9.17, 15) is 4.79 Å². The van der Waals surface area contributed by atoms with Crippen LogP contribution in [0.3, 0.4) is 0 Å². The summed E-state index contributed by atoms with van der Waals surface area (Å²) in [6, 6.07) is 0. The van der Waals surface area contributed by atoms with Crippen LogP contribution in [0.25, 0.3) is 0 Å². The molecule has 0 bridgehead atoms. The first-order valence-electron chi connectivity index (χ1n) is 4.96. The highest BCUT2D eigenvalue weighted by Gasteiger charge is 2.29. The third-order valence-corrected chi connectivity index (χ3v) is 3.16. The molecule has 1 rings (SSSR count). The van der Waals surface area contributed by atoms with Crippen molar-refractivity contribution in [3.05, 3.63) is 0 Å². The number of rotatable bonds is 3. The van der Waals surface area contributed by atoms with Gasteiger partial charge in [0.2, 0.25) is 0 Å². The number of oxime groups is 1. The van der Waals surface area contributed by atoms with E-state index in [1.54, 1.807) is 0 Å². The van der Waals surface area contributed by atoms with Crippen molar-refractivity contribution in [2.75, 3.05) is 7.05 Å². The maximum atomic E-state index is 10.8. The summed E-state index contributed by atoms with van der Waals surface area (Å²) < 4.78 is 5.60. The van der Waals surface area contributed by atoms with Crippen LogP contribution in [0.4, 0.5) is 4.79 Å². The molecule has 1 saturated heterocycles. The molecule has 1 aliphatic heterocycles. The summed E-state index contributed by atoms with van der Waals surface area (Å²) in [4.78, 5) is 15.4. The molecule has 2 atom stereocenters. The molecule has 0 aliphatic carbocycles. The molecule has 1 aliphatic rings. The van der Waals surface area contributed by atoms with E-state index in [0.29, 0.717) is 0 Å². The van der Waals surface area contributed by atoms with Crippen LogP contribution in [0.1, 0.15) is 26.7 Å². The zero-order valence-electron chi connectivity index (χ0n) is 9.15. The highest BCUT2D eigenvalue weighted by Crippen LogP contribution is 2.30. The quantitative estimate of drug-likeness (QED) is 0.596. The monoisotopic (exact) mass is 232 g/mol. The van der Waals surface area contributed by atoms with Crippen molar-refractivity contribution >= 4 is 22.9 Å². The molecule has 86 valence electrons. The minimum absolute atomic E-state index is 0.0868. The number of hydrogen-bond donors (Lipinski definition) is 1. The highest BCUT2D eigenvalue weighted by molar-refractivity contribution is 8.14. The molecule has 1 N–H and O–H groups in total. The number of hydrogen-bond acceptors (Lipinski definition) is 5. The van der Waals surface area contributed by atoms with E-state index in [2.05, 4.69) is 22.2 Å². The lowest BCUT2D eigenvalue weighted by Crippen LogP contribution is -2.18. The molecule has 0 aromatic carbocycles. The molecule has 1 amide bonds. The second-order valence-electron chi connectivity index (χ2n) is 3.17. The third kappa shape index (κ3) is 3.71. The van der Waals surface area contributed by atoms with Crippen molar-refractivity contribution in [2.24, 2.45) is 5.16 Å². The van der Waals surface area contributed by atoms with Crippen LogP contribution in [-0.4, -0.2) is 29.7 Å². The second-order valence-corrected chi connectivity index (χ2v) is 4.35. The Bertz CT molecular complexity index is 258. The van der Waals surface area contributed by atoms with Crippen molar-refractivity contribution in [3.8, 4) is 0 Å². The van der Waals surface area contributed by atoms with E-state index in [0.717, 1.165) is 17.9 Å². The molecule has 0 unspecified atom stereocenters. The SMILES string of the molecule is CCC[C@H]1O[C@@H](C)/C(=N\OC(=O)NC)S1. The van der Waals surface area contributed by atoms with Gasteiger partial charge in [-0.3, -0.25) is 4.84 Å². The summed E-state index contributed by atoms with van der Waals surface area (Å²) in [6.45, 7) is 4.00. The van der Waals surface area contributed by atoms with Gasteiger partial charge in [-0.2, -0.15) is 0 Å². The predicted molar refractivity (Wildman–Crippen MR) is 59.8 cm³/mol. The van der Waals surface area contributed by atoms with Crippen LogP contribution in [-0.2, 0) is 9.57 Å². The van der Waals surface area contributed by atoms with Crippen molar-refractivity contribution in [1.29, 1.82) is 0 Å². The first-order chi connectivity index (χ1) is 7.17. The summed E-state index contributed by atoms with van der Waals surface area (Å²) >= 11 is 1.52. The zero-order chi connectivity index (χ0) is 11.3. The highest BCUT2D eigenvalue weighted by atomic mass is 32.2. The fourth-order valence-corrected chi connectivity index (χ4v) is 2.31. The lowest BCUT2D eigenvalue weighted by molar-refractivity contribution is 0.0921. The third-order valence-electron chi connectivity index (χ3n) is 1.90. The summed E-state index contributed by atoms with van der Waals surface area (Å²) in [5.74, 6) is 0. The normalized spacial score (nSPS) is 28.1. The Morgan fingerprint density at radius 1 is 1.73 bits per heavy atom. The Balaban J connectivity index is 2.45. The first-order valence-corrected chi connectivity index (χ1v) is 5.84. The maximum Gasteiger partial charge on any atom is 0.433 e. The Morgan fingerprint density at radius 3 is 3.07 bits per heavy atom. The minimum Gasteiger partial charge on any atom is -0.357 e. The van der Waals surface area contributed by atoms with Gasteiger partial charge in [-0.05, 0) is 13.3 Å². The molecule has 5 nitrogen and oxygen atoms in total. The van der Waals surface area contributed by atoms with Gasteiger partial charge in [0.15, 0.2) is 0 Å². The van der Waals surface area contributed by atoms with Crippen LogP contribution >= 0.6 is 11.8 Å². The van der Waals surface area contributed by atoms with Gasteiger partial charge in [-0.1, -0.05) is 30.3 Å². The smallest absolute Gasteiger partial charge is 0.357 e. The van der Waals surface area contributed by atoms with Crippen LogP contribution in [0, 0.1) is 0 Å². The number of carbonyl (C=O) groups excluding carboxylic acids is 1. The molecule has 0 saturated carbocycles. The van der Waals surface area contributed by atoms with Gasteiger partial charge in [-0.15, -0.1) is 0 Å². The zero-order valence-corrected chi connectivity index (χ0v) is 9.97. The number of ether oxygens (including phenoxy) is 1. The topological polar surface area (TPSA) is 59.9 Å². The van der Waals surface area contributed by atoms with E-state index in [1.165, 1.54) is 18.8 Å². The molecular formula is C9H16N2O3S. The largest absolute Gasteiger partial charge is 0.433 e. The van der Waals surface area contributed by atoms with Gasteiger partial charge in [0.05, 0.1) is 0 Å². The van der Waals surface area contributed by atoms with Crippen LogP contribution in [0.5, 0.6) is 0 Å². The molecule has 0 radical (unpaired) electrons. The standard InChI is InChI=1S/C9H16N2O3S/c1-4-5-7-13-6(2)8(15-7)11-14-9(12)10-3/h6-7H,4-5H2,1-3H3,(H,10,12)/b11-8+/t6-,7-/m0/s1. The average Bonchev–Trinajstić information content (AvgIpc) is 2.56. The molecule has 15 heavy (non-hydrogen) atoms. The van der Waals surface area contributed by atoms with E-state index in [-0.39, 0.29) is 11.5 Å². The summed E-state index contributed by atoms with van der Waals surface area (Å²) in [5.41, 5.74) is 0.136. The van der Waals surface area contributed by atoms with Crippen molar-refractivity contribution in [2.45, 2.75) is 38.2 Å². The maximum absolute atomic E-state index is 10.8. The van der Waals surface area contributed by atoms with E-state index in [1.807, 2.05) is 6.92 Å². The van der Waals surface area contributed by atoms with Crippen LogP contribution in [0.2, 0.25) is 0 Å². The predicted octanol–water partition coefficient (Wildman–Crippen LogP) is 1.93. The summed E-state index contributed by atoms with van der Waals surface area (Å²) in [6.07, 6.45) is 1.40. The van der Waals surface area contributed by atoms with E-state index in [4.69, 9.17) is 4.74 Å². The number of thioether (sulfide) groups is 1. The molecule has 1 heterocycles. The number of carbonyl (C=O) groups is 1. The number of nitrogens with one attached hydrogen (secondary N) is 1.